The molecule has 0 saturated carbocycles. The van der Waals surface area contributed by atoms with Crippen molar-refractivity contribution in [2.75, 3.05) is 7.11 Å². The maximum Gasteiger partial charge on any atom is 0.337 e. The van der Waals surface area contributed by atoms with Crippen molar-refractivity contribution in [1.29, 1.82) is 0 Å². The summed E-state index contributed by atoms with van der Waals surface area (Å²) in [5, 5.41) is 4.53. The molecule has 0 fully saturated rings. The molecule has 2 aromatic rings. The van der Waals surface area contributed by atoms with E-state index in [1.165, 1.54) is 23.9 Å². The van der Waals surface area contributed by atoms with Crippen LogP contribution in [0.1, 0.15) is 32.9 Å². The van der Waals surface area contributed by atoms with E-state index in [0.717, 1.165) is 18.7 Å². The minimum absolute atomic E-state index is 0.300. The molecule has 0 atom stereocenters. The summed E-state index contributed by atoms with van der Waals surface area (Å²) in [6, 6.07) is 7.52. The molecule has 0 spiro atoms. The highest BCUT2D eigenvalue weighted by atomic mass is 16.5. The zero-order valence-corrected chi connectivity index (χ0v) is 12.4. The number of aryl methyl sites for hydroxylation is 3. The standard InChI is InChI=1S/C16H20N2O2/c1-11-12(2)17-18(13(11)3)10-9-14-5-7-15(8-6-14)16(19)20-4/h5-8H,9-10H2,1-4H3. The van der Waals surface area contributed by atoms with E-state index >= 15 is 0 Å². The van der Waals surface area contributed by atoms with Gasteiger partial charge in [0.1, 0.15) is 0 Å². The normalized spacial score (nSPS) is 10.6. The number of esters is 1. The summed E-state index contributed by atoms with van der Waals surface area (Å²) >= 11 is 0. The molecule has 2 rings (SSSR count). The van der Waals surface area contributed by atoms with Crippen LogP contribution in [-0.4, -0.2) is 22.9 Å². The Morgan fingerprint density at radius 1 is 1.20 bits per heavy atom. The first kappa shape index (κ1) is 14.3. The van der Waals surface area contributed by atoms with Gasteiger partial charge in [0.25, 0.3) is 0 Å². The Bertz CT molecular complexity index is 612. The number of methoxy groups -OCH3 is 1. The smallest absolute Gasteiger partial charge is 0.337 e. The second kappa shape index (κ2) is 5.90. The third-order valence-corrected chi connectivity index (χ3v) is 3.73. The zero-order valence-electron chi connectivity index (χ0n) is 12.4. The second-order valence-electron chi connectivity index (χ2n) is 4.96. The lowest BCUT2D eigenvalue weighted by atomic mass is 10.1. The summed E-state index contributed by atoms with van der Waals surface area (Å²) in [7, 11) is 1.39. The van der Waals surface area contributed by atoms with Crippen molar-refractivity contribution in [3.05, 3.63) is 52.3 Å². The molecule has 0 unspecified atom stereocenters. The first-order chi connectivity index (χ1) is 9.52. The van der Waals surface area contributed by atoms with Crippen LogP contribution in [0.3, 0.4) is 0 Å². The molecule has 0 radical (unpaired) electrons. The van der Waals surface area contributed by atoms with Crippen LogP contribution < -0.4 is 0 Å². The summed E-state index contributed by atoms with van der Waals surface area (Å²) in [4.78, 5) is 11.4. The molecule has 0 aliphatic carbocycles. The van der Waals surface area contributed by atoms with Crippen molar-refractivity contribution in [3.8, 4) is 0 Å². The lowest BCUT2D eigenvalue weighted by molar-refractivity contribution is 0.0600. The van der Waals surface area contributed by atoms with Crippen LogP contribution in [0.5, 0.6) is 0 Å². The van der Waals surface area contributed by atoms with E-state index in [1.807, 2.05) is 23.7 Å². The Labute approximate surface area is 119 Å². The Hall–Kier alpha value is -2.10. The SMILES string of the molecule is COC(=O)c1ccc(CCn2nc(C)c(C)c2C)cc1. The quantitative estimate of drug-likeness (QED) is 0.804. The van der Waals surface area contributed by atoms with Crippen LogP contribution in [0.4, 0.5) is 0 Å². The molecule has 4 heteroatoms. The molecule has 20 heavy (non-hydrogen) atoms. The largest absolute Gasteiger partial charge is 0.465 e. The molecule has 0 bridgehead atoms. The van der Waals surface area contributed by atoms with Gasteiger partial charge in [-0.1, -0.05) is 12.1 Å². The summed E-state index contributed by atoms with van der Waals surface area (Å²) in [5.74, 6) is -0.300. The van der Waals surface area contributed by atoms with Crippen molar-refractivity contribution >= 4 is 5.97 Å². The van der Waals surface area contributed by atoms with E-state index < -0.39 is 0 Å². The lowest BCUT2D eigenvalue weighted by Gasteiger charge is -2.06. The summed E-state index contributed by atoms with van der Waals surface area (Å²) in [6.07, 6.45) is 0.892. The van der Waals surface area contributed by atoms with E-state index in [2.05, 4.69) is 23.7 Å². The molecule has 106 valence electrons. The van der Waals surface area contributed by atoms with Gasteiger partial charge in [0.15, 0.2) is 0 Å². The van der Waals surface area contributed by atoms with Crippen LogP contribution in [0.15, 0.2) is 24.3 Å². The van der Waals surface area contributed by atoms with E-state index in [0.29, 0.717) is 5.56 Å². The average Bonchev–Trinajstić information content (AvgIpc) is 2.72. The molecule has 4 nitrogen and oxygen atoms in total. The fourth-order valence-electron chi connectivity index (χ4n) is 2.16. The molecule has 0 aliphatic rings. The van der Waals surface area contributed by atoms with Gasteiger partial charge in [-0.2, -0.15) is 5.10 Å². The third-order valence-electron chi connectivity index (χ3n) is 3.73. The van der Waals surface area contributed by atoms with E-state index in [-0.39, 0.29) is 5.97 Å². The molecular formula is C16H20N2O2. The molecular weight excluding hydrogens is 252 g/mol. The summed E-state index contributed by atoms with van der Waals surface area (Å²) < 4.78 is 6.72. The minimum Gasteiger partial charge on any atom is -0.465 e. The van der Waals surface area contributed by atoms with Crippen LogP contribution in [0.25, 0.3) is 0 Å². The zero-order chi connectivity index (χ0) is 14.7. The number of aromatic nitrogens is 2. The Kier molecular flexibility index (Phi) is 4.23. The first-order valence-electron chi connectivity index (χ1n) is 6.70. The van der Waals surface area contributed by atoms with Gasteiger partial charge in [0, 0.05) is 12.2 Å². The van der Waals surface area contributed by atoms with Gasteiger partial charge in [-0.05, 0) is 50.5 Å². The molecule has 1 aromatic heterocycles. The lowest BCUT2D eigenvalue weighted by Crippen LogP contribution is -2.06. The topological polar surface area (TPSA) is 44.1 Å². The highest BCUT2D eigenvalue weighted by Gasteiger charge is 2.08. The van der Waals surface area contributed by atoms with Crippen molar-refractivity contribution in [1.82, 2.24) is 9.78 Å². The molecule has 0 saturated heterocycles. The Balaban J connectivity index is 2.04. The van der Waals surface area contributed by atoms with Gasteiger partial charge >= 0.3 is 5.97 Å². The van der Waals surface area contributed by atoms with E-state index in [1.54, 1.807) is 12.1 Å². The Morgan fingerprint density at radius 2 is 1.85 bits per heavy atom. The number of carbonyl (C=O) groups is 1. The van der Waals surface area contributed by atoms with Gasteiger partial charge in [-0.15, -0.1) is 0 Å². The first-order valence-corrected chi connectivity index (χ1v) is 6.70. The van der Waals surface area contributed by atoms with Crippen LogP contribution in [0, 0.1) is 20.8 Å². The van der Waals surface area contributed by atoms with Crippen LogP contribution in [-0.2, 0) is 17.7 Å². The number of benzene rings is 1. The molecule has 0 amide bonds. The van der Waals surface area contributed by atoms with Crippen molar-refractivity contribution in [3.63, 3.8) is 0 Å². The van der Waals surface area contributed by atoms with Gasteiger partial charge in [-0.3, -0.25) is 4.68 Å². The predicted molar refractivity (Wildman–Crippen MR) is 77.9 cm³/mol. The fraction of sp³-hybridized carbons (Fsp3) is 0.375. The number of nitrogens with zero attached hydrogens (tertiary/aromatic N) is 2. The molecule has 1 aromatic carbocycles. The van der Waals surface area contributed by atoms with Crippen molar-refractivity contribution < 1.29 is 9.53 Å². The highest BCUT2D eigenvalue weighted by molar-refractivity contribution is 5.89. The summed E-state index contributed by atoms with van der Waals surface area (Å²) in [6.45, 7) is 7.07. The molecule has 1 heterocycles. The molecule has 0 N–H and O–H groups in total. The maximum atomic E-state index is 11.4. The van der Waals surface area contributed by atoms with E-state index in [9.17, 15) is 4.79 Å². The van der Waals surface area contributed by atoms with Crippen LogP contribution in [0.2, 0.25) is 0 Å². The predicted octanol–water partition coefficient (Wildman–Crippen LogP) is 2.84. The van der Waals surface area contributed by atoms with Crippen LogP contribution >= 0.6 is 0 Å². The summed E-state index contributed by atoms with van der Waals surface area (Å²) in [5.41, 5.74) is 5.32. The number of carbonyl (C=O) groups excluding carboxylic acids is 1. The minimum atomic E-state index is -0.300. The second-order valence-corrected chi connectivity index (χ2v) is 4.96. The number of hydrogen-bond acceptors (Lipinski definition) is 3. The molecule has 0 aliphatic heterocycles. The monoisotopic (exact) mass is 272 g/mol. The average molecular weight is 272 g/mol. The van der Waals surface area contributed by atoms with Crippen molar-refractivity contribution in [2.24, 2.45) is 0 Å². The van der Waals surface area contributed by atoms with Gasteiger partial charge in [0.2, 0.25) is 0 Å². The van der Waals surface area contributed by atoms with Gasteiger partial charge in [0.05, 0.1) is 18.4 Å². The van der Waals surface area contributed by atoms with Gasteiger partial charge < -0.3 is 4.74 Å². The number of ether oxygens (including phenoxy) is 1. The van der Waals surface area contributed by atoms with Gasteiger partial charge in [-0.25, -0.2) is 4.79 Å². The van der Waals surface area contributed by atoms with Crippen molar-refractivity contribution in [2.45, 2.75) is 33.7 Å². The Morgan fingerprint density at radius 3 is 2.35 bits per heavy atom. The maximum absolute atomic E-state index is 11.4. The highest BCUT2D eigenvalue weighted by Crippen LogP contribution is 2.12. The third kappa shape index (κ3) is 2.90. The number of rotatable bonds is 4. The number of hydrogen-bond donors (Lipinski definition) is 0. The van der Waals surface area contributed by atoms with E-state index in [4.69, 9.17) is 0 Å². The fourth-order valence-corrected chi connectivity index (χ4v) is 2.16.